The molecule has 0 aromatic heterocycles. The van der Waals surface area contributed by atoms with E-state index in [1.807, 2.05) is 0 Å². The Labute approximate surface area is 211 Å². The molecule has 0 unspecified atom stereocenters. The Bertz CT molecular complexity index is 950. The summed E-state index contributed by atoms with van der Waals surface area (Å²) in [5, 5.41) is 102. The van der Waals surface area contributed by atoms with Gasteiger partial charge in [0, 0.05) is 12.5 Å². The molecule has 2 aliphatic heterocycles. The van der Waals surface area contributed by atoms with Gasteiger partial charge in [-0.3, -0.25) is 4.79 Å². The second kappa shape index (κ2) is 11.7. The maximum atomic E-state index is 13.1. The van der Waals surface area contributed by atoms with Crippen LogP contribution in [0.5, 0.6) is 17.2 Å². The molecular formula is C23H34O14. The lowest BCUT2D eigenvalue weighted by Crippen LogP contribution is -2.60. The predicted octanol–water partition coefficient (Wildman–Crippen LogP) is -2.98. The van der Waals surface area contributed by atoms with E-state index in [9.17, 15) is 55.9 Å². The van der Waals surface area contributed by atoms with Crippen molar-refractivity contribution in [1.29, 1.82) is 0 Å². The van der Waals surface area contributed by atoms with Crippen LogP contribution in [0.2, 0.25) is 0 Å². The van der Waals surface area contributed by atoms with Crippen LogP contribution < -0.4 is 4.74 Å². The highest BCUT2D eigenvalue weighted by atomic mass is 16.7. The summed E-state index contributed by atoms with van der Waals surface area (Å²) in [5.74, 6) is -3.11. The first kappa shape index (κ1) is 29.4. The van der Waals surface area contributed by atoms with Crippen molar-refractivity contribution in [2.75, 3.05) is 13.2 Å². The number of rotatable bonds is 8. The molecule has 0 saturated carbocycles. The predicted molar refractivity (Wildman–Crippen MR) is 121 cm³/mol. The summed E-state index contributed by atoms with van der Waals surface area (Å²) in [6.45, 7) is 1.90. The Morgan fingerprint density at radius 3 is 1.95 bits per heavy atom. The van der Waals surface area contributed by atoms with Crippen molar-refractivity contribution in [2.45, 2.75) is 81.5 Å². The second-order valence-corrected chi connectivity index (χ2v) is 9.62. The van der Waals surface area contributed by atoms with Gasteiger partial charge in [-0.05, 0) is 5.92 Å². The van der Waals surface area contributed by atoms with Crippen molar-refractivity contribution in [2.24, 2.45) is 5.92 Å². The van der Waals surface area contributed by atoms with Crippen molar-refractivity contribution < 1.29 is 70.1 Å². The Morgan fingerprint density at radius 1 is 0.865 bits per heavy atom. The zero-order valence-electron chi connectivity index (χ0n) is 20.2. The quantitative estimate of drug-likeness (QED) is 0.150. The molecule has 3 rings (SSSR count). The molecule has 1 aromatic carbocycles. The van der Waals surface area contributed by atoms with E-state index in [1.165, 1.54) is 0 Å². The summed E-state index contributed by atoms with van der Waals surface area (Å²) < 4.78 is 16.2. The zero-order chi connectivity index (χ0) is 27.8. The van der Waals surface area contributed by atoms with E-state index in [4.69, 9.17) is 14.2 Å². The van der Waals surface area contributed by atoms with Crippen LogP contribution in [0, 0.1) is 5.92 Å². The number of hydrogen-bond acceptors (Lipinski definition) is 14. The molecule has 2 heterocycles. The highest BCUT2D eigenvalue weighted by Gasteiger charge is 2.48. The Morgan fingerprint density at radius 2 is 1.41 bits per heavy atom. The number of aliphatic hydroxyl groups excluding tert-OH is 8. The fourth-order valence-electron chi connectivity index (χ4n) is 4.39. The topological polar surface area (TPSA) is 247 Å². The molecule has 0 spiro atoms. The third-order valence-corrected chi connectivity index (χ3v) is 6.42. The summed E-state index contributed by atoms with van der Waals surface area (Å²) in [6.07, 6.45) is -17.1. The Balaban J connectivity index is 2.09. The normalized spacial score (nSPS) is 36.5. The van der Waals surface area contributed by atoms with E-state index < -0.39 is 109 Å². The fourth-order valence-corrected chi connectivity index (χ4v) is 4.39. The number of aromatic hydroxyl groups is 2. The highest BCUT2D eigenvalue weighted by molar-refractivity contribution is 6.02. The molecule has 2 saturated heterocycles. The SMILES string of the molecule is CC(C)CC(=O)c1c(O[C@H]2O[C@@H](CO)[C@H](O)[C@@H](O)[C@@H]2O)cc(O)c([C@@H]2O[C@@H](CO)[C@H](O)[C@@H](O)[C@@H]2O)c1O. The molecule has 2 fully saturated rings. The maximum absolute atomic E-state index is 13.1. The molecular weight excluding hydrogens is 500 g/mol. The minimum Gasteiger partial charge on any atom is -0.507 e. The molecule has 10 N–H and O–H groups in total. The van der Waals surface area contributed by atoms with Crippen molar-refractivity contribution in [1.82, 2.24) is 0 Å². The summed E-state index contributed by atoms with van der Waals surface area (Å²) in [6, 6.07) is 0.853. The van der Waals surface area contributed by atoms with E-state index >= 15 is 0 Å². The number of phenolic OH excluding ortho intramolecular Hbond substituents is 2. The molecule has 14 nitrogen and oxygen atoms in total. The van der Waals surface area contributed by atoms with E-state index in [-0.39, 0.29) is 12.3 Å². The fraction of sp³-hybridized carbons (Fsp3) is 0.696. The summed E-state index contributed by atoms with van der Waals surface area (Å²) in [5.41, 5.74) is -1.06. The minimum absolute atomic E-state index is 0.127. The van der Waals surface area contributed by atoms with Crippen molar-refractivity contribution in [3.63, 3.8) is 0 Å². The molecule has 37 heavy (non-hydrogen) atoms. The number of carbonyl (C=O) groups is 1. The largest absolute Gasteiger partial charge is 0.507 e. The molecule has 14 heteroatoms. The first-order chi connectivity index (χ1) is 17.3. The molecule has 0 amide bonds. The Hall–Kier alpha value is -2.11. The van der Waals surface area contributed by atoms with Crippen LogP contribution in [0.3, 0.4) is 0 Å². The number of ether oxygens (including phenoxy) is 3. The van der Waals surface area contributed by atoms with Gasteiger partial charge in [-0.2, -0.15) is 0 Å². The van der Waals surface area contributed by atoms with E-state index in [0.29, 0.717) is 0 Å². The number of hydrogen-bond donors (Lipinski definition) is 10. The van der Waals surface area contributed by atoms with E-state index in [2.05, 4.69) is 0 Å². The summed E-state index contributed by atoms with van der Waals surface area (Å²) in [7, 11) is 0. The summed E-state index contributed by atoms with van der Waals surface area (Å²) >= 11 is 0. The van der Waals surface area contributed by atoms with Gasteiger partial charge in [0.2, 0.25) is 6.29 Å². The van der Waals surface area contributed by atoms with Gasteiger partial charge in [-0.25, -0.2) is 0 Å². The van der Waals surface area contributed by atoms with Crippen molar-refractivity contribution in [3.8, 4) is 17.2 Å². The highest BCUT2D eigenvalue weighted by Crippen LogP contribution is 2.47. The third kappa shape index (κ3) is 5.68. The third-order valence-electron chi connectivity index (χ3n) is 6.42. The molecule has 0 radical (unpaired) electrons. The molecule has 10 atom stereocenters. The maximum Gasteiger partial charge on any atom is 0.229 e. The van der Waals surface area contributed by atoms with Gasteiger partial charge in [0.05, 0.1) is 18.8 Å². The average Bonchev–Trinajstić information content (AvgIpc) is 2.83. The van der Waals surface area contributed by atoms with Crippen LogP contribution in [0.25, 0.3) is 0 Å². The van der Waals surface area contributed by atoms with Gasteiger partial charge >= 0.3 is 0 Å². The van der Waals surface area contributed by atoms with Crippen molar-refractivity contribution in [3.05, 3.63) is 17.2 Å². The first-order valence-corrected chi connectivity index (χ1v) is 11.7. The molecule has 210 valence electrons. The Kier molecular flexibility index (Phi) is 9.34. The molecule has 2 aliphatic rings. The number of aliphatic hydroxyl groups is 8. The smallest absolute Gasteiger partial charge is 0.229 e. The average molecular weight is 535 g/mol. The minimum atomic E-state index is -1.89. The van der Waals surface area contributed by atoms with Crippen LogP contribution >= 0.6 is 0 Å². The lowest BCUT2D eigenvalue weighted by atomic mass is 9.88. The standard InChI is InChI=1S/C23H34O14/c1-7(2)3-8(26)13-10(36-23-21(34)19(32)16(29)12(6-25)37-23)4-9(27)14(17(13)30)22-20(33)18(31)15(28)11(5-24)35-22/h4,7,11-12,15-16,18-25,27-34H,3,5-6H2,1-2H3/t11-,12-,15-,16-,18+,19+,20-,21-,22-,23-/m0/s1. The van der Waals surface area contributed by atoms with Crippen LogP contribution in [0.15, 0.2) is 6.07 Å². The molecule has 0 bridgehead atoms. The number of Topliss-reactive ketones (excluding diaryl/α,β-unsaturated/α-hetero) is 1. The van der Waals surface area contributed by atoms with Crippen LogP contribution in [0.1, 0.15) is 42.3 Å². The molecule has 0 aliphatic carbocycles. The number of phenols is 2. The van der Waals surface area contributed by atoms with E-state index in [1.54, 1.807) is 13.8 Å². The molecule has 1 aromatic rings. The lowest BCUT2D eigenvalue weighted by molar-refractivity contribution is -0.277. The van der Waals surface area contributed by atoms with Crippen LogP contribution in [-0.4, -0.2) is 125 Å². The van der Waals surface area contributed by atoms with Gasteiger partial charge in [0.1, 0.15) is 77.7 Å². The summed E-state index contributed by atoms with van der Waals surface area (Å²) in [4.78, 5) is 13.1. The van der Waals surface area contributed by atoms with Gasteiger partial charge in [-0.1, -0.05) is 13.8 Å². The van der Waals surface area contributed by atoms with E-state index in [0.717, 1.165) is 6.07 Å². The number of carbonyl (C=O) groups excluding carboxylic acids is 1. The van der Waals surface area contributed by atoms with Crippen molar-refractivity contribution >= 4 is 5.78 Å². The lowest BCUT2D eigenvalue weighted by Gasteiger charge is -2.41. The first-order valence-electron chi connectivity index (χ1n) is 11.7. The number of ketones is 1. The van der Waals surface area contributed by atoms with Gasteiger partial charge in [-0.15, -0.1) is 0 Å². The number of benzene rings is 1. The van der Waals surface area contributed by atoms with Gasteiger partial charge in [0.25, 0.3) is 0 Å². The van der Waals surface area contributed by atoms with Crippen LogP contribution in [-0.2, 0) is 9.47 Å². The zero-order valence-corrected chi connectivity index (χ0v) is 20.2. The van der Waals surface area contributed by atoms with Crippen LogP contribution in [0.4, 0.5) is 0 Å². The second-order valence-electron chi connectivity index (χ2n) is 9.62. The monoisotopic (exact) mass is 534 g/mol. The van der Waals surface area contributed by atoms with Gasteiger partial charge in [0.15, 0.2) is 5.78 Å². The van der Waals surface area contributed by atoms with Gasteiger partial charge < -0.3 is 65.3 Å².